The summed E-state index contributed by atoms with van der Waals surface area (Å²) in [5.74, 6) is -2.16. The number of ketones is 1. The van der Waals surface area contributed by atoms with Crippen molar-refractivity contribution < 1.29 is 38.9 Å². The van der Waals surface area contributed by atoms with E-state index in [2.05, 4.69) is 78.3 Å². The Bertz CT molecular complexity index is 1740. The highest BCUT2D eigenvalue weighted by Crippen LogP contribution is 2.22. The summed E-state index contributed by atoms with van der Waals surface area (Å²) in [6, 6.07) is 13.1. The van der Waals surface area contributed by atoms with Crippen molar-refractivity contribution in [3.05, 3.63) is 138 Å². The second-order valence-electron chi connectivity index (χ2n) is 14.7. The number of esters is 1. The summed E-state index contributed by atoms with van der Waals surface area (Å²) in [5, 5.41) is 25.0. The molecule has 0 aliphatic rings. The number of carbonyl (C=O) groups excluding carboxylic acids is 4. The molecule has 60 heavy (non-hydrogen) atoms. The lowest BCUT2D eigenvalue weighted by molar-refractivity contribution is -0.151. The summed E-state index contributed by atoms with van der Waals surface area (Å²) in [6.07, 6.45) is 32.6. The summed E-state index contributed by atoms with van der Waals surface area (Å²) < 4.78 is 11.3. The average Bonchev–Trinajstić information content (AvgIpc) is 3.24. The highest BCUT2D eigenvalue weighted by Gasteiger charge is 2.30. The standard InChI is InChI=1S/C49H65ClN2O8/c1-4-5-6-7-8-9-10-11-12-13-14-15-16-17-18-19-20-21-22-23-45(55)51-34-32-42(47(57)59-38-39(36-53)37-54)33-35-52-48(58)49(2,3)60-44-30-26-41(27-31-44)46(56)40-24-28-43(50)29-25-40/h5-6,8-9,11-12,14-15,17-18,20-21,24-31,39,42,53-54H,4,7,10,13,16,19,22-23,32-38H2,1-3H3,(H,51,55)(H,52,58)/b6-5-,9-8-,12-11-,15-14-,18-17-,21-20-. The molecule has 1 atom stereocenters. The molecule has 0 fully saturated rings. The predicted octanol–water partition coefficient (Wildman–Crippen LogP) is 8.98. The van der Waals surface area contributed by atoms with Gasteiger partial charge in [0.25, 0.3) is 5.91 Å². The molecule has 10 nitrogen and oxygen atoms in total. The molecule has 0 aliphatic carbocycles. The number of amides is 2. The summed E-state index contributed by atoms with van der Waals surface area (Å²) in [4.78, 5) is 51.5. The smallest absolute Gasteiger partial charge is 0.309 e. The number of nitrogens with one attached hydrogen (secondary N) is 2. The summed E-state index contributed by atoms with van der Waals surface area (Å²) >= 11 is 5.93. The number of allylic oxidation sites excluding steroid dienone is 12. The predicted molar refractivity (Wildman–Crippen MR) is 241 cm³/mol. The molecule has 0 saturated heterocycles. The summed E-state index contributed by atoms with van der Waals surface area (Å²) in [6.45, 7) is 4.88. The van der Waals surface area contributed by atoms with Crippen LogP contribution in [0, 0.1) is 11.8 Å². The van der Waals surface area contributed by atoms with Gasteiger partial charge in [0.2, 0.25) is 5.91 Å². The lowest BCUT2D eigenvalue weighted by Gasteiger charge is -2.26. The molecular formula is C49H65ClN2O8. The highest BCUT2D eigenvalue weighted by molar-refractivity contribution is 6.30. The van der Waals surface area contributed by atoms with Gasteiger partial charge in [-0.2, -0.15) is 0 Å². The second-order valence-corrected chi connectivity index (χ2v) is 15.1. The molecule has 0 radical (unpaired) electrons. The number of aliphatic hydroxyl groups excluding tert-OH is 2. The van der Waals surface area contributed by atoms with Crippen molar-refractivity contribution >= 4 is 35.2 Å². The Labute approximate surface area is 362 Å². The first kappa shape index (κ1) is 51.1. The Balaban J connectivity index is 1.75. The van der Waals surface area contributed by atoms with Crippen LogP contribution in [0.25, 0.3) is 0 Å². The van der Waals surface area contributed by atoms with Crippen LogP contribution in [-0.2, 0) is 19.1 Å². The number of aliphatic hydroxyl groups is 2. The Morgan fingerprint density at radius 2 is 1.15 bits per heavy atom. The summed E-state index contributed by atoms with van der Waals surface area (Å²) in [5.41, 5.74) is -0.337. The van der Waals surface area contributed by atoms with Crippen molar-refractivity contribution in [2.75, 3.05) is 32.9 Å². The van der Waals surface area contributed by atoms with E-state index < -0.39 is 29.3 Å². The van der Waals surface area contributed by atoms with Crippen LogP contribution in [0.4, 0.5) is 0 Å². The molecule has 0 saturated carbocycles. The van der Waals surface area contributed by atoms with Gasteiger partial charge in [0, 0.05) is 41.6 Å². The van der Waals surface area contributed by atoms with Crippen LogP contribution in [0.1, 0.15) is 101 Å². The van der Waals surface area contributed by atoms with Crippen molar-refractivity contribution in [1.82, 2.24) is 10.6 Å². The fourth-order valence-corrected chi connectivity index (χ4v) is 5.67. The maximum Gasteiger partial charge on any atom is 0.309 e. The number of ether oxygens (including phenoxy) is 2. The lowest BCUT2D eigenvalue weighted by atomic mass is 10.0. The number of hydrogen-bond acceptors (Lipinski definition) is 8. The number of benzene rings is 2. The molecule has 0 spiro atoms. The Morgan fingerprint density at radius 1 is 0.683 bits per heavy atom. The first-order valence-electron chi connectivity index (χ1n) is 20.9. The van der Waals surface area contributed by atoms with Gasteiger partial charge in [0.15, 0.2) is 11.4 Å². The fraction of sp³-hybridized carbons (Fsp3) is 0.429. The van der Waals surface area contributed by atoms with Crippen LogP contribution >= 0.6 is 11.6 Å². The Morgan fingerprint density at radius 3 is 1.65 bits per heavy atom. The van der Waals surface area contributed by atoms with Gasteiger partial charge in [-0.05, 0) is 120 Å². The average molecular weight is 846 g/mol. The van der Waals surface area contributed by atoms with Crippen molar-refractivity contribution in [1.29, 1.82) is 0 Å². The quantitative estimate of drug-likeness (QED) is 0.0346. The third kappa shape index (κ3) is 22.4. The van der Waals surface area contributed by atoms with Crippen LogP contribution in [0.2, 0.25) is 5.02 Å². The zero-order valence-corrected chi connectivity index (χ0v) is 36.3. The van der Waals surface area contributed by atoms with E-state index in [4.69, 9.17) is 21.1 Å². The highest BCUT2D eigenvalue weighted by atomic mass is 35.5. The minimum atomic E-state index is -1.29. The third-order valence-electron chi connectivity index (χ3n) is 9.18. The third-order valence-corrected chi connectivity index (χ3v) is 9.43. The van der Waals surface area contributed by atoms with Crippen LogP contribution in [0.15, 0.2) is 121 Å². The molecule has 1 unspecified atom stereocenters. The molecule has 326 valence electrons. The molecule has 4 N–H and O–H groups in total. The monoisotopic (exact) mass is 844 g/mol. The van der Waals surface area contributed by atoms with E-state index in [0.717, 1.165) is 38.5 Å². The minimum Gasteiger partial charge on any atom is -0.478 e. The largest absolute Gasteiger partial charge is 0.478 e. The molecule has 0 aliphatic heterocycles. The second kappa shape index (κ2) is 30.9. The molecule has 11 heteroatoms. The maximum atomic E-state index is 13.2. The van der Waals surface area contributed by atoms with E-state index in [-0.39, 0.29) is 57.4 Å². The van der Waals surface area contributed by atoms with E-state index in [1.165, 1.54) is 0 Å². The van der Waals surface area contributed by atoms with Crippen molar-refractivity contribution in [2.45, 2.75) is 90.6 Å². The fourth-order valence-electron chi connectivity index (χ4n) is 5.55. The molecular weight excluding hydrogens is 780 g/mol. The molecule has 2 amide bonds. The van der Waals surface area contributed by atoms with Crippen LogP contribution < -0.4 is 15.4 Å². The normalized spacial score (nSPS) is 12.8. The molecule has 2 aromatic rings. The SMILES string of the molecule is CC/C=C\C/C=C\C/C=C\C/C=C\C/C=C\C/C=C\CCC(=O)NCCC(CCNC(=O)C(C)(C)Oc1ccc(C(=O)c2ccc(Cl)cc2)cc1)C(=O)OCC(CO)CO. The topological polar surface area (TPSA) is 151 Å². The first-order chi connectivity index (χ1) is 29.0. The van der Waals surface area contributed by atoms with Crippen molar-refractivity contribution in [2.24, 2.45) is 11.8 Å². The van der Waals surface area contributed by atoms with E-state index >= 15 is 0 Å². The molecule has 0 aromatic heterocycles. The first-order valence-corrected chi connectivity index (χ1v) is 21.3. The minimum absolute atomic E-state index is 0.125. The van der Waals surface area contributed by atoms with Crippen LogP contribution in [-0.4, -0.2) is 72.3 Å². The van der Waals surface area contributed by atoms with Gasteiger partial charge in [0.05, 0.1) is 25.7 Å². The van der Waals surface area contributed by atoms with Gasteiger partial charge in [-0.3, -0.25) is 19.2 Å². The van der Waals surface area contributed by atoms with Gasteiger partial charge in [-0.1, -0.05) is 91.4 Å². The van der Waals surface area contributed by atoms with Crippen molar-refractivity contribution in [3.8, 4) is 5.75 Å². The summed E-state index contributed by atoms with van der Waals surface area (Å²) in [7, 11) is 0. The van der Waals surface area contributed by atoms with Crippen LogP contribution in [0.5, 0.6) is 5.75 Å². The molecule has 2 aromatic carbocycles. The number of hydrogen-bond donors (Lipinski definition) is 4. The van der Waals surface area contributed by atoms with Crippen LogP contribution in [0.3, 0.4) is 0 Å². The van der Waals surface area contributed by atoms with Crippen molar-refractivity contribution in [3.63, 3.8) is 0 Å². The molecule has 0 bridgehead atoms. The van der Waals surface area contributed by atoms with E-state index in [0.29, 0.717) is 34.7 Å². The van der Waals surface area contributed by atoms with Gasteiger partial charge in [-0.25, -0.2) is 0 Å². The maximum absolute atomic E-state index is 13.2. The number of carbonyl (C=O) groups is 4. The van der Waals surface area contributed by atoms with Gasteiger partial charge in [0.1, 0.15) is 5.75 Å². The van der Waals surface area contributed by atoms with Gasteiger partial charge >= 0.3 is 5.97 Å². The number of halogens is 1. The van der Waals surface area contributed by atoms with E-state index in [1.54, 1.807) is 62.4 Å². The van der Waals surface area contributed by atoms with E-state index in [1.807, 2.05) is 12.2 Å². The Kier molecular flexibility index (Phi) is 26.3. The lowest BCUT2D eigenvalue weighted by Crippen LogP contribution is -2.47. The molecule has 2 rings (SSSR count). The van der Waals surface area contributed by atoms with E-state index in [9.17, 15) is 29.4 Å². The zero-order chi connectivity index (χ0) is 43.9. The Hall–Kier alpha value is -5.03. The number of rotatable bonds is 30. The van der Waals surface area contributed by atoms with Gasteiger partial charge < -0.3 is 30.3 Å². The zero-order valence-electron chi connectivity index (χ0n) is 35.5. The molecule has 0 heterocycles. The van der Waals surface area contributed by atoms with Gasteiger partial charge in [-0.15, -0.1) is 0 Å².